The monoisotopic (exact) mass is 470 g/mol. The number of benzene rings is 2. The summed E-state index contributed by atoms with van der Waals surface area (Å²) in [6.07, 6.45) is 3.37. The first-order valence-corrected chi connectivity index (χ1v) is 11.9. The summed E-state index contributed by atoms with van der Waals surface area (Å²) >= 11 is 1.12. The molecule has 0 bridgehead atoms. The number of thiophene rings is 1. The van der Waals surface area contributed by atoms with E-state index in [1.165, 1.54) is 42.5 Å². The number of rotatable bonds is 7. The molecule has 0 saturated heterocycles. The quantitative estimate of drug-likeness (QED) is 0.428. The van der Waals surface area contributed by atoms with Crippen LogP contribution in [0.2, 0.25) is 0 Å². The predicted octanol–water partition coefficient (Wildman–Crippen LogP) is 3.94. The van der Waals surface area contributed by atoms with E-state index in [1.807, 2.05) is 0 Å². The van der Waals surface area contributed by atoms with Gasteiger partial charge in [-0.15, -0.1) is 11.3 Å². The van der Waals surface area contributed by atoms with Crippen LogP contribution in [0, 0.1) is 5.82 Å². The van der Waals surface area contributed by atoms with Gasteiger partial charge in [0.15, 0.2) is 0 Å². The zero-order chi connectivity index (χ0) is 22.7. The molecule has 2 heterocycles. The summed E-state index contributed by atoms with van der Waals surface area (Å²) in [6.45, 7) is 0. The Morgan fingerprint density at radius 2 is 1.81 bits per heavy atom. The molecule has 1 amide bonds. The molecule has 0 fully saturated rings. The topological polar surface area (TPSA) is 93.1 Å². The molecule has 0 aliphatic carbocycles. The minimum absolute atomic E-state index is 0.205. The van der Waals surface area contributed by atoms with Crippen molar-refractivity contribution in [1.82, 2.24) is 14.9 Å². The molecule has 0 spiro atoms. The Morgan fingerprint density at radius 3 is 2.41 bits per heavy atom. The highest BCUT2D eigenvalue weighted by Gasteiger charge is 2.22. The summed E-state index contributed by atoms with van der Waals surface area (Å²) in [4.78, 5) is 17.2. The lowest BCUT2D eigenvalue weighted by Gasteiger charge is -2.19. The molecule has 164 valence electrons. The molecular weight excluding hydrogens is 451 g/mol. The fourth-order valence-corrected chi connectivity index (χ4v) is 5.18. The Hall–Kier alpha value is -3.50. The number of sulfonamides is 1. The molecule has 4 rings (SSSR count). The molecule has 0 aliphatic rings. The summed E-state index contributed by atoms with van der Waals surface area (Å²) in [6, 6.07) is 14.5. The Balaban J connectivity index is 1.54. The molecule has 10 heteroatoms. The van der Waals surface area contributed by atoms with Crippen LogP contribution in [0.15, 0.2) is 82.6 Å². The lowest BCUT2D eigenvalue weighted by atomic mass is 10.1. The number of aromatic nitrogens is 2. The SMILES string of the molecule is Cn1ccnc1C(NC(=O)c1ccc(NS(=O)(=O)c2cccs2)cc1)c1ccc(F)cc1. The lowest BCUT2D eigenvalue weighted by Crippen LogP contribution is -2.31. The molecular formula is C22H19FN4O3S2. The number of imidazole rings is 1. The number of hydrogen-bond acceptors (Lipinski definition) is 5. The second-order valence-electron chi connectivity index (χ2n) is 6.97. The van der Waals surface area contributed by atoms with Crippen LogP contribution in [0.25, 0.3) is 0 Å². The molecule has 2 N–H and O–H groups in total. The smallest absolute Gasteiger partial charge is 0.271 e. The molecule has 1 atom stereocenters. The Labute approximate surface area is 188 Å². The number of carbonyl (C=O) groups is 1. The van der Waals surface area contributed by atoms with Gasteiger partial charge in [-0.3, -0.25) is 9.52 Å². The first-order chi connectivity index (χ1) is 15.3. The van der Waals surface area contributed by atoms with Crippen molar-refractivity contribution in [3.8, 4) is 0 Å². The van der Waals surface area contributed by atoms with Gasteiger partial charge in [0.05, 0.1) is 0 Å². The third-order valence-corrected chi connectivity index (χ3v) is 7.53. The lowest BCUT2D eigenvalue weighted by molar-refractivity contribution is 0.0941. The van der Waals surface area contributed by atoms with Gasteiger partial charge in [-0.1, -0.05) is 18.2 Å². The zero-order valence-electron chi connectivity index (χ0n) is 16.9. The Kier molecular flexibility index (Phi) is 6.06. The maximum atomic E-state index is 13.4. The highest BCUT2D eigenvalue weighted by molar-refractivity contribution is 7.94. The van der Waals surface area contributed by atoms with Crippen LogP contribution in [0.4, 0.5) is 10.1 Å². The number of amides is 1. The normalized spacial score (nSPS) is 12.3. The summed E-state index contributed by atoms with van der Waals surface area (Å²) in [5, 5.41) is 4.60. The van der Waals surface area contributed by atoms with E-state index in [0.29, 0.717) is 22.6 Å². The van der Waals surface area contributed by atoms with Gasteiger partial charge in [0.2, 0.25) is 0 Å². The summed E-state index contributed by atoms with van der Waals surface area (Å²) in [5.74, 6) is -0.167. The fourth-order valence-electron chi connectivity index (χ4n) is 3.13. The van der Waals surface area contributed by atoms with E-state index in [4.69, 9.17) is 0 Å². The van der Waals surface area contributed by atoms with E-state index in [-0.39, 0.29) is 15.9 Å². The van der Waals surface area contributed by atoms with Gasteiger partial charge >= 0.3 is 0 Å². The van der Waals surface area contributed by atoms with E-state index in [1.54, 1.807) is 47.6 Å². The first-order valence-electron chi connectivity index (χ1n) is 9.53. The minimum Gasteiger partial charge on any atom is -0.338 e. The molecule has 7 nitrogen and oxygen atoms in total. The van der Waals surface area contributed by atoms with Gasteiger partial charge in [-0.25, -0.2) is 17.8 Å². The van der Waals surface area contributed by atoms with Gasteiger partial charge in [-0.2, -0.15) is 0 Å². The standard InChI is InChI=1S/C22H19FN4O3S2/c1-27-13-12-24-21(27)20(15-4-8-17(23)9-5-15)25-22(28)16-6-10-18(11-7-16)26-32(29,30)19-3-2-14-31-19/h2-14,20,26H,1H3,(H,25,28). The third kappa shape index (κ3) is 4.71. The largest absolute Gasteiger partial charge is 0.338 e. The van der Waals surface area contributed by atoms with Crippen molar-refractivity contribution in [2.45, 2.75) is 10.3 Å². The molecule has 2 aromatic carbocycles. The molecule has 32 heavy (non-hydrogen) atoms. The minimum atomic E-state index is -3.67. The van der Waals surface area contributed by atoms with E-state index in [9.17, 15) is 17.6 Å². The number of nitrogens with zero attached hydrogens (tertiary/aromatic N) is 2. The number of carbonyl (C=O) groups excluding carboxylic acids is 1. The Bertz CT molecular complexity index is 1320. The molecule has 0 aliphatic heterocycles. The summed E-state index contributed by atoms with van der Waals surface area (Å²) in [5.41, 5.74) is 1.36. The molecule has 0 saturated carbocycles. The van der Waals surface area contributed by atoms with Crippen molar-refractivity contribution in [3.63, 3.8) is 0 Å². The van der Waals surface area contributed by atoms with Crippen LogP contribution < -0.4 is 10.0 Å². The highest BCUT2D eigenvalue weighted by atomic mass is 32.2. The number of hydrogen-bond donors (Lipinski definition) is 2. The van der Waals surface area contributed by atoms with E-state index in [0.717, 1.165) is 11.3 Å². The van der Waals surface area contributed by atoms with Crippen LogP contribution in [0.3, 0.4) is 0 Å². The average Bonchev–Trinajstić information content (AvgIpc) is 3.45. The summed E-state index contributed by atoms with van der Waals surface area (Å²) in [7, 11) is -1.86. The van der Waals surface area contributed by atoms with Gasteiger partial charge < -0.3 is 9.88 Å². The number of halogens is 1. The van der Waals surface area contributed by atoms with Crippen LogP contribution >= 0.6 is 11.3 Å². The third-order valence-electron chi connectivity index (χ3n) is 4.75. The second kappa shape index (κ2) is 8.93. The van der Waals surface area contributed by atoms with Crippen molar-refractivity contribution >= 4 is 33.0 Å². The first kappa shape index (κ1) is 21.7. The van der Waals surface area contributed by atoms with Crippen LogP contribution in [0.5, 0.6) is 0 Å². The van der Waals surface area contributed by atoms with E-state index < -0.39 is 16.1 Å². The maximum Gasteiger partial charge on any atom is 0.271 e. The zero-order valence-corrected chi connectivity index (χ0v) is 18.5. The van der Waals surface area contributed by atoms with Gasteiger partial charge in [-0.05, 0) is 53.4 Å². The van der Waals surface area contributed by atoms with Crippen molar-refractivity contribution in [3.05, 3.63) is 101 Å². The van der Waals surface area contributed by atoms with Crippen molar-refractivity contribution in [2.75, 3.05) is 4.72 Å². The molecule has 4 aromatic rings. The fraction of sp³-hybridized carbons (Fsp3) is 0.0909. The molecule has 1 unspecified atom stereocenters. The number of anilines is 1. The van der Waals surface area contributed by atoms with Crippen LogP contribution in [-0.4, -0.2) is 23.9 Å². The van der Waals surface area contributed by atoms with Gasteiger partial charge in [0, 0.05) is 30.7 Å². The van der Waals surface area contributed by atoms with Crippen LogP contribution in [0.1, 0.15) is 27.8 Å². The van der Waals surface area contributed by atoms with E-state index >= 15 is 0 Å². The number of aryl methyl sites for hydroxylation is 1. The predicted molar refractivity (Wildman–Crippen MR) is 120 cm³/mol. The van der Waals surface area contributed by atoms with Crippen LogP contribution in [-0.2, 0) is 17.1 Å². The van der Waals surface area contributed by atoms with E-state index in [2.05, 4.69) is 15.0 Å². The summed E-state index contributed by atoms with van der Waals surface area (Å²) < 4.78 is 42.6. The Morgan fingerprint density at radius 1 is 1.09 bits per heavy atom. The average molecular weight is 471 g/mol. The van der Waals surface area contributed by atoms with Gasteiger partial charge in [0.25, 0.3) is 15.9 Å². The van der Waals surface area contributed by atoms with Crippen molar-refractivity contribution < 1.29 is 17.6 Å². The second-order valence-corrected chi connectivity index (χ2v) is 9.83. The number of nitrogens with one attached hydrogen (secondary N) is 2. The maximum absolute atomic E-state index is 13.4. The van der Waals surface area contributed by atoms with Crippen molar-refractivity contribution in [1.29, 1.82) is 0 Å². The molecule has 0 radical (unpaired) electrons. The van der Waals surface area contributed by atoms with Crippen molar-refractivity contribution in [2.24, 2.45) is 7.05 Å². The van der Waals surface area contributed by atoms with Gasteiger partial charge in [0.1, 0.15) is 21.9 Å². The molecule has 2 aromatic heterocycles. The highest BCUT2D eigenvalue weighted by Crippen LogP contribution is 2.23.